The number of fused-ring (bicyclic) bond motifs is 1. The van der Waals surface area contributed by atoms with Crippen molar-refractivity contribution in [2.75, 3.05) is 31.8 Å². The fraction of sp³-hybridized carbons (Fsp3) is 0.500. The molecule has 0 spiro atoms. The standard InChI is InChI=1S/C12H14IN5O3/c1-17-10-7(9(13)16-17)5-14-12(15-10)18-3-4-21-6-8(18)11(19)20-2/h5,8H,3-4,6H2,1-2H3/t8-/m0/s1. The molecule has 1 aliphatic heterocycles. The summed E-state index contributed by atoms with van der Waals surface area (Å²) in [6.07, 6.45) is 1.73. The summed E-state index contributed by atoms with van der Waals surface area (Å²) in [6.45, 7) is 1.34. The van der Waals surface area contributed by atoms with Crippen molar-refractivity contribution in [2.45, 2.75) is 6.04 Å². The van der Waals surface area contributed by atoms with E-state index in [1.165, 1.54) is 7.11 Å². The van der Waals surface area contributed by atoms with Crippen molar-refractivity contribution in [3.05, 3.63) is 9.90 Å². The van der Waals surface area contributed by atoms with Crippen molar-refractivity contribution in [1.29, 1.82) is 0 Å². The quantitative estimate of drug-likeness (QED) is 0.529. The SMILES string of the molecule is COC(=O)[C@@H]1COCCN1c1ncc2c(I)nn(C)c2n1. The Morgan fingerprint density at radius 2 is 2.38 bits per heavy atom. The lowest BCUT2D eigenvalue weighted by atomic mass is 10.2. The number of anilines is 1. The van der Waals surface area contributed by atoms with E-state index in [0.717, 1.165) is 14.7 Å². The number of morpholine rings is 1. The van der Waals surface area contributed by atoms with Gasteiger partial charge in [-0.05, 0) is 22.6 Å². The molecule has 0 aromatic carbocycles. The summed E-state index contributed by atoms with van der Waals surface area (Å²) in [5, 5.41) is 5.21. The molecule has 0 N–H and O–H groups in total. The van der Waals surface area contributed by atoms with Crippen LogP contribution in [0.4, 0.5) is 5.95 Å². The average Bonchev–Trinajstić information content (AvgIpc) is 2.81. The number of nitrogens with zero attached hydrogens (tertiary/aromatic N) is 5. The first-order valence-corrected chi connectivity index (χ1v) is 7.47. The van der Waals surface area contributed by atoms with Gasteiger partial charge in [-0.25, -0.2) is 14.5 Å². The highest BCUT2D eigenvalue weighted by Gasteiger charge is 2.32. The third kappa shape index (κ3) is 2.55. The largest absolute Gasteiger partial charge is 0.467 e. The molecule has 21 heavy (non-hydrogen) atoms. The molecule has 1 saturated heterocycles. The van der Waals surface area contributed by atoms with Crippen molar-refractivity contribution in [2.24, 2.45) is 7.05 Å². The van der Waals surface area contributed by atoms with E-state index in [1.807, 2.05) is 11.9 Å². The van der Waals surface area contributed by atoms with Crippen LogP contribution in [0.5, 0.6) is 0 Å². The van der Waals surface area contributed by atoms with Gasteiger partial charge in [-0.1, -0.05) is 0 Å². The minimum atomic E-state index is -0.520. The van der Waals surface area contributed by atoms with Crippen molar-refractivity contribution in [3.63, 3.8) is 0 Å². The first-order chi connectivity index (χ1) is 10.1. The van der Waals surface area contributed by atoms with Gasteiger partial charge in [0.2, 0.25) is 5.95 Å². The minimum absolute atomic E-state index is 0.275. The molecule has 1 aliphatic rings. The minimum Gasteiger partial charge on any atom is -0.467 e. The third-order valence-electron chi connectivity index (χ3n) is 3.38. The first kappa shape index (κ1) is 14.4. The first-order valence-electron chi connectivity index (χ1n) is 6.39. The molecule has 0 bridgehead atoms. The number of carbonyl (C=O) groups is 1. The van der Waals surface area contributed by atoms with Gasteiger partial charge in [0, 0.05) is 19.8 Å². The van der Waals surface area contributed by atoms with Crippen LogP contribution in [0, 0.1) is 3.70 Å². The zero-order valence-electron chi connectivity index (χ0n) is 11.6. The van der Waals surface area contributed by atoms with Crippen LogP contribution in [0.25, 0.3) is 11.0 Å². The molecule has 3 rings (SSSR count). The van der Waals surface area contributed by atoms with Crippen LogP contribution < -0.4 is 4.90 Å². The van der Waals surface area contributed by atoms with E-state index in [9.17, 15) is 4.79 Å². The van der Waals surface area contributed by atoms with Gasteiger partial charge in [-0.3, -0.25) is 0 Å². The van der Waals surface area contributed by atoms with Crippen LogP contribution in [0.1, 0.15) is 0 Å². The Morgan fingerprint density at radius 1 is 1.57 bits per heavy atom. The number of aryl methyl sites for hydroxylation is 1. The normalized spacial score (nSPS) is 19.0. The Kier molecular flexibility index (Phi) is 3.93. The third-order valence-corrected chi connectivity index (χ3v) is 4.18. The number of methoxy groups -OCH3 is 1. The lowest BCUT2D eigenvalue weighted by Crippen LogP contribution is -2.51. The number of hydrogen-bond acceptors (Lipinski definition) is 7. The average molecular weight is 403 g/mol. The number of hydrogen-bond donors (Lipinski definition) is 0. The zero-order chi connectivity index (χ0) is 15.0. The molecule has 0 saturated carbocycles. The molecule has 1 fully saturated rings. The van der Waals surface area contributed by atoms with Gasteiger partial charge in [-0.2, -0.15) is 10.1 Å². The molecule has 8 nitrogen and oxygen atoms in total. The molecular weight excluding hydrogens is 389 g/mol. The highest BCUT2D eigenvalue weighted by molar-refractivity contribution is 14.1. The molecule has 0 unspecified atom stereocenters. The molecule has 0 amide bonds. The molecule has 112 valence electrons. The summed E-state index contributed by atoms with van der Waals surface area (Å²) in [6, 6.07) is -0.520. The van der Waals surface area contributed by atoms with E-state index < -0.39 is 6.04 Å². The van der Waals surface area contributed by atoms with E-state index in [2.05, 4.69) is 37.7 Å². The van der Waals surface area contributed by atoms with E-state index in [0.29, 0.717) is 19.1 Å². The van der Waals surface area contributed by atoms with Crippen LogP contribution in [-0.2, 0) is 21.3 Å². The van der Waals surface area contributed by atoms with E-state index in [4.69, 9.17) is 9.47 Å². The number of carbonyl (C=O) groups excluding carboxylic acids is 1. The molecule has 2 aromatic heterocycles. The van der Waals surface area contributed by atoms with E-state index in [-0.39, 0.29) is 12.6 Å². The maximum absolute atomic E-state index is 11.9. The smallest absolute Gasteiger partial charge is 0.331 e. The molecule has 0 radical (unpaired) electrons. The highest BCUT2D eigenvalue weighted by Crippen LogP contribution is 2.22. The van der Waals surface area contributed by atoms with Crippen molar-refractivity contribution >= 4 is 45.5 Å². The predicted octanol–water partition coefficient (Wildman–Crippen LogP) is 0.346. The van der Waals surface area contributed by atoms with E-state index >= 15 is 0 Å². The molecule has 9 heteroatoms. The second kappa shape index (κ2) is 5.72. The highest BCUT2D eigenvalue weighted by atomic mass is 127. The lowest BCUT2D eigenvalue weighted by molar-refractivity contribution is -0.144. The summed E-state index contributed by atoms with van der Waals surface area (Å²) >= 11 is 2.15. The summed E-state index contributed by atoms with van der Waals surface area (Å²) < 4.78 is 12.7. The maximum atomic E-state index is 11.9. The summed E-state index contributed by atoms with van der Waals surface area (Å²) in [5.41, 5.74) is 0.736. The Bertz CT molecular complexity index is 689. The molecule has 0 aliphatic carbocycles. The van der Waals surface area contributed by atoms with E-state index in [1.54, 1.807) is 10.9 Å². The lowest BCUT2D eigenvalue weighted by Gasteiger charge is -2.33. The van der Waals surface area contributed by atoms with Gasteiger partial charge in [0.05, 0.1) is 25.7 Å². The van der Waals surface area contributed by atoms with Crippen LogP contribution >= 0.6 is 22.6 Å². The second-order valence-electron chi connectivity index (χ2n) is 4.63. The predicted molar refractivity (Wildman–Crippen MR) is 83.0 cm³/mol. The number of rotatable bonds is 2. The molecule has 1 atom stereocenters. The second-order valence-corrected chi connectivity index (χ2v) is 5.65. The van der Waals surface area contributed by atoms with Crippen molar-refractivity contribution in [3.8, 4) is 0 Å². The van der Waals surface area contributed by atoms with Crippen LogP contribution in [0.2, 0.25) is 0 Å². The van der Waals surface area contributed by atoms with Crippen LogP contribution in [0.3, 0.4) is 0 Å². The van der Waals surface area contributed by atoms with Gasteiger partial charge in [0.1, 0.15) is 3.70 Å². The summed E-state index contributed by atoms with van der Waals surface area (Å²) in [5.74, 6) is 0.138. The zero-order valence-corrected chi connectivity index (χ0v) is 13.8. The van der Waals surface area contributed by atoms with Crippen molar-refractivity contribution in [1.82, 2.24) is 19.7 Å². The van der Waals surface area contributed by atoms with Crippen LogP contribution in [0.15, 0.2) is 6.20 Å². The van der Waals surface area contributed by atoms with Gasteiger partial charge in [0.15, 0.2) is 11.7 Å². The Balaban J connectivity index is 2.01. The fourth-order valence-corrected chi connectivity index (χ4v) is 3.01. The fourth-order valence-electron chi connectivity index (χ4n) is 2.30. The Hall–Kier alpha value is -1.49. The Morgan fingerprint density at radius 3 is 3.14 bits per heavy atom. The Labute approximate surface area is 134 Å². The number of halogens is 1. The van der Waals surface area contributed by atoms with Crippen LogP contribution in [-0.4, -0.2) is 58.6 Å². The monoisotopic (exact) mass is 403 g/mol. The van der Waals surface area contributed by atoms with Gasteiger partial charge >= 0.3 is 5.97 Å². The van der Waals surface area contributed by atoms with Crippen molar-refractivity contribution < 1.29 is 14.3 Å². The topological polar surface area (TPSA) is 82.4 Å². The van der Waals surface area contributed by atoms with Gasteiger partial charge < -0.3 is 14.4 Å². The van der Waals surface area contributed by atoms with Gasteiger partial charge in [-0.15, -0.1) is 0 Å². The maximum Gasteiger partial charge on any atom is 0.331 e. The molecular formula is C12H14IN5O3. The summed E-state index contributed by atoms with van der Waals surface area (Å²) in [4.78, 5) is 22.6. The summed E-state index contributed by atoms with van der Waals surface area (Å²) in [7, 11) is 3.20. The number of esters is 1. The molecule has 3 heterocycles. The number of ether oxygens (including phenoxy) is 2. The van der Waals surface area contributed by atoms with Gasteiger partial charge in [0.25, 0.3) is 0 Å². The number of aromatic nitrogens is 4. The molecule has 2 aromatic rings.